The lowest BCUT2D eigenvalue weighted by Crippen LogP contribution is -2.49. The van der Waals surface area contributed by atoms with Crippen LogP contribution in [0.3, 0.4) is 0 Å². The van der Waals surface area contributed by atoms with Crippen LogP contribution in [0.15, 0.2) is 45.8 Å². The van der Waals surface area contributed by atoms with E-state index < -0.39 is 10.0 Å². The van der Waals surface area contributed by atoms with Crippen molar-refractivity contribution >= 4 is 37.6 Å². The topological polar surface area (TPSA) is 69.6 Å². The van der Waals surface area contributed by atoms with Gasteiger partial charge in [0, 0.05) is 43.2 Å². The van der Waals surface area contributed by atoms with Crippen molar-refractivity contribution in [1.82, 2.24) is 14.5 Å². The third kappa shape index (κ3) is 4.41. The maximum Gasteiger partial charge on any atom is 0.243 e. The van der Waals surface area contributed by atoms with E-state index in [9.17, 15) is 8.42 Å². The summed E-state index contributed by atoms with van der Waals surface area (Å²) >= 11 is 3.34. The van der Waals surface area contributed by atoms with Crippen molar-refractivity contribution in [3.05, 3.63) is 40.9 Å². The molecular formula is C20H26BrN5O2S. The van der Waals surface area contributed by atoms with Crippen molar-refractivity contribution in [1.29, 1.82) is 0 Å². The van der Waals surface area contributed by atoms with Gasteiger partial charge in [-0.25, -0.2) is 8.42 Å². The molecule has 2 aromatic rings. The Morgan fingerprint density at radius 2 is 1.55 bits per heavy atom. The molecule has 0 aliphatic carbocycles. The molecule has 1 aromatic carbocycles. The summed E-state index contributed by atoms with van der Waals surface area (Å²) in [6.45, 7) is 5.34. The highest BCUT2D eigenvalue weighted by atomic mass is 79.9. The van der Waals surface area contributed by atoms with Crippen LogP contribution < -0.4 is 9.80 Å². The zero-order chi connectivity index (χ0) is 20.4. The number of nitrogens with zero attached hydrogens (tertiary/aromatic N) is 5. The van der Waals surface area contributed by atoms with Gasteiger partial charge in [0.1, 0.15) is 0 Å². The lowest BCUT2D eigenvalue weighted by Gasteiger charge is -2.35. The van der Waals surface area contributed by atoms with Crippen molar-refractivity contribution < 1.29 is 8.42 Å². The van der Waals surface area contributed by atoms with Gasteiger partial charge in [0.15, 0.2) is 11.6 Å². The lowest BCUT2D eigenvalue weighted by molar-refractivity contribution is 0.383. The van der Waals surface area contributed by atoms with Crippen LogP contribution in [0, 0.1) is 0 Å². The van der Waals surface area contributed by atoms with E-state index in [2.05, 4.69) is 42.9 Å². The standard InChI is InChI=1S/C20H26BrN5O2S/c1-16-4-2-3-11-26(16)20-10-9-19(22-23-20)24-12-14-25(15-13-24)29(27,28)18-7-5-17(21)6-8-18/h5-10,16H,2-4,11-15H2,1H3. The van der Waals surface area contributed by atoms with Gasteiger partial charge in [-0.05, 0) is 62.6 Å². The first-order chi connectivity index (χ1) is 13.9. The molecule has 0 bridgehead atoms. The quantitative estimate of drug-likeness (QED) is 0.670. The number of piperazine rings is 1. The number of benzene rings is 1. The van der Waals surface area contributed by atoms with E-state index in [4.69, 9.17) is 0 Å². The van der Waals surface area contributed by atoms with Gasteiger partial charge < -0.3 is 9.80 Å². The minimum absolute atomic E-state index is 0.328. The lowest BCUT2D eigenvalue weighted by atomic mass is 10.0. The molecule has 0 spiro atoms. The van der Waals surface area contributed by atoms with Gasteiger partial charge in [-0.15, -0.1) is 10.2 Å². The third-order valence-corrected chi connectivity index (χ3v) is 8.19. The number of aromatic nitrogens is 2. The van der Waals surface area contributed by atoms with E-state index in [0.29, 0.717) is 37.1 Å². The van der Waals surface area contributed by atoms with Gasteiger partial charge in [0.05, 0.1) is 4.90 Å². The number of anilines is 2. The number of rotatable bonds is 4. The second kappa shape index (κ2) is 8.57. The average Bonchev–Trinajstić information content (AvgIpc) is 2.75. The Kier molecular flexibility index (Phi) is 6.08. The fourth-order valence-electron chi connectivity index (χ4n) is 3.99. The third-order valence-electron chi connectivity index (χ3n) is 5.75. The second-order valence-corrected chi connectivity index (χ2v) is 10.5. The molecule has 0 radical (unpaired) electrons. The van der Waals surface area contributed by atoms with Crippen LogP contribution >= 0.6 is 15.9 Å². The summed E-state index contributed by atoms with van der Waals surface area (Å²) in [5.74, 6) is 1.73. The van der Waals surface area contributed by atoms with Crippen LogP contribution in [0.25, 0.3) is 0 Å². The van der Waals surface area contributed by atoms with E-state index in [0.717, 1.165) is 22.7 Å². The maximum atomic E-state index is 12.9. The van der Waals surface area contributed by atoms with Crippen LogP contribution in [-0.4, -0.2) is 61.7 Å². The van der Waals surface area contributed by atoms with E-state index in [1.165, 1.54) is 19.3 Å². The van der Waals surface area contributed by atoms with Gasteiger partial charge >= 0.3 is 0 Å². The predicted octanol–water partition coefficient (Wildman–Crippen LogP) is 3.13. The van der Waals surface area contributed by atoms with E-state index in [-0.39, 0.29) is 0 Å². The van der Waals surface area contributed by atoms with Gasteiger partial charge in [-0.1, -0.05) is 15.9 Å². The van der Waals surface area contributed by atoms with Gasteiger partial charge in [0.2, 0.25) is 10.0 Å². The first-order valence-electron chi connectivity index (χ1n) is 10.1. The highest BCUT2D eigenvalue weighted by Crippen LogP contribution is 2.25. The largest absolute Gasteiger partial charge is 0.352 e. The SMILES string of the molecule is CC1CCCCN1c1ccc(N2CCN(S(=O)(=O)c3ccc(Br)cc3)CC2)nn1. The molecule has 3 heterocycles. The molecule has 156 valence electrons. The van der Waals surface area contributed by atoms with Crippen LogP contribution in [0.4, 0.5) is 11.6 Å². The molecule has 2 aliphatic heterocycles. The molecule has 29 heavy (non-hydrogen) atoms. The Morgan fingerprint density at radius 3 is 2.17 bits per heavy atom. The Morgan fingerprint density at radius 1 is 0.897 bits per heavy atom. The fraction of sp³-hybridized carbons (Fsp3) is 0.500. The fourth-order valence-corrected chi connectivity index (χ4v) is 5.68. The molecule has 9 heteroatoms. The van der Waals surface area contributed by atoms with Crippen molar-refractivity contribution in [3.8, 4) is 0 Å². The molecule has 2 fully saturated rings. The second-order valence-electron chi connectivity index (χ2n) is 7.63. The molecule has 2 aliphatic rings. The van der Waals surface area contributed by atoms with Crippen LogP contribution in [0.5, 0.6) is 0 Å². The zero-order valence-electron chi connectivity index (χ0n) is 16.5. The molecule has 1 unspecified atom stereocenters. The summed E-state index contributed by atoms with van der Waals surface area (Å²) in [5.41, 5.74) is 0. The van der Waals surface area contributed by atoms with Gasteiger partial charge in [-0.3, -0.25) is 0 Å². The van der Waals surface area contributed by atoms with Crippen molar-refractivity contribution in [2.45, 2.75) is 37.1 Å². The average molecular weight is 480 g/mol. The Bertz CT molecular complexity index is 928. The number of halogens is 1. The molecule has 1 aromatic heterocycles. The molecule has 2 saturated heterocycles. The predicted molar refractivity (Wildman–Crippen MR) is 118 cm³/mol. The molecule has 4 rings (SSSR count). The molecule has 7 nitrogen and oxygen atoms in total. The summed E-state index contributed by atoms with van der Waals surface area (Å²) in [6, 6.07) is 11.3. The number of sulfonamides is 1. The first kappa shape index (κ1) is 20.6. The summed E-state index contributed by atoms with van der Waals surface area (Å²) in [5, 5.41) is 8.88. The summed E-state index contributed by atoms with van der Waals surface area (Å²) in [4.78, 5) is 4.75. The van der Waals surface area contributed by atoms with Crippen molar-refractivity contribution in [3.63, 3.8) is 0 Å². The number of piperidine rings is 1. The van der Waals surface area contributed by atoms with Crippen molar-refractivity contribution in [2.24, 2.45) is 0 Å². The van der Waals surface area contributed by atoms with Crippen molar-refractivity contribution in [2.75, 3.05) is 42.5 Å². The summed E-state index contributed by atoms with van der Waals surface area (Å²) < 4.78 is 28.1. The molecule has 0 N–H and O–H groups in total. The zero-order valence-corrected chi connectivity index (χ0v) is 18.9. The van der Waals surface area contributed by atoms with Gasteiger partial charge in [-0.2, -0.15) is 4.31 Å². The highest BCUT2D eigenvalue weighted by molar-refractivity contribution is 9.10. The Balaban J connectivity index is 1.40. The molecule has 0 amide bonds. The normalized spacial score (nSPS) is 21.4. The highest BCUT2D eigenvalue weighted by Gasteiger charge is 2.29. The van der Waals surface area contributed by atoms with Crippen LogP contribution in [0.1, 0.15) is 26.2 Å². The van der Waals surface area contributed by atoms with E-state index in [1.807, 2.05) is 12.1 Å². The summed E-state index contributed by atoms with van der Waals surface area (Å²) in [7, 11) is -3.47. The Labute approximate surface area is 180 Å². The number of hydrogen-bond acceptors (Lipinski definition) is 6. The summed E-state index contributed by atoms with van der Waals surface area (Å²) in [6.07, 6.45) is 3.66. The minimum atomic E-state index is -3.47. The molecular weight excluding hydrogens is 454 g/mol. The van der Waals surface area contributed by atoms with Crippen LogP contribution in [0.2, 0.25) is 0 Å². The smallest absolute Gasteiger partial charge is 0.243 e. The Hall–Kier alpha value is -1.71. The number of hydrogen-bond donors (Lipinski definition) is 0. The van der Waals surface area contributed by atoms with Crippen LogP contribution in [-0.2, 0) is 10.0 Å². The van der Waals surface area contributed by atoms with Gasteiger partial charge in [0.25, 0.3) is 0 Å². The van der Waals surface area contributed by atoms with E-state index in [1.54, 1.807) is 28.6 Å². The maximum absolute atomic E-state index is 12.9. The monoisotopic (exact) mass is 479 g/mol. The molecule has 0 saturated carbocycles. The molecule has 1 atom stereocenters. The van der Waals surface area contributed by atoms with E-state index >= 15 is 0 Å². The first-order valence-corrected chi connectivity index (χ1v) is 12.3. The minimum Gasteiger partial charge on any atom is -0.352 e.